The summed E-state index contributed by atoms with van der Waals surface area (Å²) in [6.07, 6.45) is 4.29. The Morgan fingerprint density at radius 1 is 1.12 bits per heavy atom. The highest BCUT2D eigenvalue weighted by Gasteiger charge is 2.25. The molecule has 0 radical (unpaired) electrons. The maximum atomic E-state index is 13.0. The average molecular weight is 347 g/mol. The molecule has 0 amide bonds. The van der Waals surface area contributed by atoms with E-state index in [1.54, 1.807) is 18.5 Å². The van der Waals surface area contributed by atoms with Crippen LogP contribution in [-0.2, 0) is 6.54 Å². The molecule has 5 rings (SSSR count). The number of imidazole rings is 1. The SMILES string of the molecule is Fc1ccc(CNc2ccc3ncn(-c4cc(C5CC5)[nH]n4)c3c2)cc1. The van der Waals surface area contributed by atoms with E-state index < -0.39 is 0 Å². The molecule has 0 unspecified atom stereocenters. The zero-order chi connectivity index (χ0) is 17.5. The third kappa shape index (κ3) is 2.83. The molecule has 0 spiro atoms. The first-order valence-electron chi connectivity index (χ1n) is 8.77. The molecule has 0 saturated heterocycles. The molecule has 6 heteroatoms. The second-order valence-corrected chi connectivity index (χ2v) is 6.75. The minimum absolute atomic E-state index is 0.219. The average Bonchev–Trinajstić information content (AvgIpc) is 3.25. The first-order valence-corrected chi connectivity index (χ1v) is 8.77. The van der Waals surface area contributed by atoms with Crippen molar-refractivity contribution >= 4 is 16.7 Å². The third-order valence-corrected chi connectivity index (χ3v) is 4.81. The van der Waals surface area contributed by atoms with Gasteiger partial charge >= 0.3 is 0 Å². The third-order valence-electron chi connectivity index (χ3n) is 4.81. The molecule has 0 atom stereocenters. The number of nitrogens with one attached hydrogen (secondary N) is 2. The van der Waals surface area contributed by atoms with Crippen LogP contribution in [0.25, 0.3) is 16.9 Å². The van der Waals surface area contributed by atoms with Crippen molar-refractivity contribution in [3.8, 4) is 5.82 Å². The topological polar surface area (TPSA) is 58.5 Å². The number of benzene rings is 2. The summed E-state index contributed by atoms with van der Waals surface area (Å²) in [5.74, 6) is 1.28. The number of aromatic nitrogens is 4. The molecular formula is C20H18FN5. The Hall–Kier alpha value is -3.15. The Bertz CT molecular complexity index is 1060. The summed E-state index contributed by atoms with van der Waals surface area (Å²) in [6.45, 7) is 0.633. The number of nitrogens with zero attached hydrogens (tertiary/aromatic N) is 3. The predicted octanol–water partition coefficient (Wildman–Crippen LogP) is 4.38. The van der Waals surface area contributed by atoms with Crippen molar-refractivity contribution in [3.05, 3.63) is 71.9 Å². The second kappa shape index (κ2) is 5.98. The van der Waals surface area contributed by atoms with Crippen LogP contribution in [-0.4, -0.2) is 19.7 Å². The van der Waals surface area contributed by atoms with Gasteiger partial charge in [-0.2, -0.15) is 5.10 Å². The van der Waals surface area contributed by atoms with Crippen LogP contribution >= 0.6 is 0 Å². The number of rotatable bonds is 5. The van der Waals surface area contributed by atoms with Gasteiger partial charge in [-0.05, 0) is 48.7 Å². The highest BCUT2D eigenvalue weighted by molar-refractivity contribution is 5.81. The number of fused-ring (bicyclic) bond motifs is 1. The van der Waals surface area contributed by atoms with Crippen molar-refractivity contribution in [1.29, 1.82) is 0 Å². The summed E-state index contributed by atoms with van der Waals surface area (Å²) in [7, 11) is 0. The van der Waals surface area contributed by atoms with E-state index in [0.29, 0.717) is 12.5 Å². The second-order valence-electron chi connectivity index (χ2n) is 6.75. The van der Waals surface area contributed by atoms with Gasteiger partial charge in [0.2, 0.25) is 0 Å². The molecule has 5 nitrogen and oxygen atoms in total. The molecular weight excluding hydrogens is 329 g/mol. The zero-order valence-electron chi connectivity index (χ0n) is 14.1. The molecule has 2 N–H and O–H groups in total. The van der Waals surface area contributed by atoms with Crippen molar-refractivity contribution in [3.63, 3.8) is 0 Å². The number of H-pyrrole nitrogens is 1. The van der Waals surface area contributed by atoms with E-state index in [0.717, 1.165) is 28.1 Å². The van der Waals surface area contributed by atoms with Gasteiger partial charge in [-0.1, -0.05) is 12.1 Å². The van der Waals surface area contributed by atoms with Crippen molar-refractivity contribution in [1.82, 2.24) is 19.7 Å². The van der Waals surface area contributed by atoms with Gasteiger partial charge in [0, 0.05) is 29.9 Å². The monoisotopic (exact) mass is 347 g/mol. The van der Waals surface area contributed by atoms with Gasteiger partial charge in [-0.25, -0.2) is 9.37 Å². The Kier molecular flexibility index (Phi) is 3.48. The van der Waals surface area contributed by atoms with E-state index in [1.165, 1.54) is 30.7 Å². The first kappa shape index (κ1) is 15.1. The van der Waals surface area contributed by atoms with Gasteiger partial charge in [0.15, 0.2) is 5.82 Å². The van der Waals surface area contributed by atoms with E-state index in [2.05, 4.69) is 32.6 Å². The van der Waals surface area contributed by atoms with Crippen LogP contribution in [0.1, 0.15) is 30.0 Å². The van der Waals surface area contributed by atoms with Crippen LogP contribution in [0.15, 0.2) is 54.9 Å². The summed E-state index contributed by atoms with van der Waals surface area (Å²) in [4.78, 5) is 4.47. The maximum absolute atomic E-state index is 13.0. The molecule has 1 aliphatic carbocycles. The molecule has 4 aromatic rings. The lowest BCUT2D eigenvalue weighted by Crippen LogP contribution is -2.00. The highest BCUT2D eigenvalue weighted by Crippen LogP contribution is 2.39. The number of hydrogen-bond acceptors (Lipinski definition) is 3. The zero-order valence-corrected chi connectivity index (χ0v) is 14.1. The molecule has 130 valence electrons. The minimum atomic E-state index is -0.219. The molecule has 1 fully saturated rings. The fraction of sp³-hybridized carbons (Fsp3) is 0.200. The fourth-order valence-electron chi connectivity index (χ4n) is 3.16. The van der Waals surface area contributed by atoms with Gasteiger partial charge in [0.25, 0.3) is 0 Å². The Balaban J connectivity index is 1.41. The predicted molar refractivity (Wildman–Crippen MR) is 98.9 cm³/mol. The van der Waals surface area contributed by atoms with E-state index in [4.69, 9.17) is 0 Å². The lowest BCUT2D eigenvalue weighted by Gasteiger charge is -2.07. The lowest BCUT2D eigenvalue weighted by atomic mass is 10.2. The van der Waals surface area contributed by atoms with Crippen molar-refractivity contribution in [2.75, 3.05) is 5.32 Å². The Morgan fingerprint density at radius 3 is 2.77 bits per heavy atom. The summed E-state index contributed by atoms with van der Waals surface area (Å²) in [5, 5.41) is 11.0. The van der Waals surface area contributed by atoms with Crippen LogP contribution in [0.3, 0.4) is 0 Å². The minimum Gasteiger partial charge on any atom is -0.381 e. The number of anilines is 1. The van der Waals surface area contributed by atoms with Crippen LogP contribution in [0, 0.1) is 5.82 Å². The normalized spacial score (nSPS) is 14.0. The summed E-state index contributed by atoms with van der Waals surface area (Å²) >= 11 is 0. The summed E-state index contributed by atoms with van der Waals surface area (Å²) in [5.41, 5.74) is 5.15. The summed E-state index contributed by atoms with van der Waals surface area (Å²) in [6, 6.07) is 14.7. The van der Waals surface area contributed by atoms with Crippen molar-refractivity contribution < 1.29 is 4.39 Å². The van der Waals surface area contributed by atoms with Crippen molar-refractivity contribution in [2.24, 2.45) is 0 Å². The van der Waals surface area contributed by atoms with E-state index in [1.807, 2.05) is 16.7 Å². The number of aromatic amines is 1. The van der Waals surface area contributed by atoms with Gasteiger partial charge in [-0.3, -0.25) is 9.67 Å². The van der Waals surface area contributed by atoms with E-state index in [9.17, 15) is 4.39 Å². The smallest absolute Gasteiger partial charge is 0.160 e. The Labute approximate surface area is 149 Å². The maximum Gasteiger partial charge on any atom is 0.160 e. The largest absolute Gasteiger partial charge is 0.381 e. The molecule has 1 aliphatic rings. The molecule has 1 saturated carbocycles. The van der Waals surface area contributed by atoms with Gasteiger partial charge in [-0.15, -0.1) is 0 Å². The number of halogens is 1. The molecule has 2 heterocycles. The number of hydrogen-bond donors (Lipinski definition) is 2. The highest BCUT2D eigenvalue weighted by atomic mass is 19.1. The Morgan fingerprint density at radius 2 is 1.96 bits per heavy atom. The summed E-state index contributed by atoms with van der Waals surface area (Å²) < 4.78 is 15.0. The van der Waals surface area contributed by atoms with Crippen LogP contribution in [0.2, 0.25) is 0 Å². The molecule has 0 aliphatic heterocycles. The fourth-order valence-corrected chi connectivity index (χ4v) is 3.16. The van der Waals surface area contributed by atoms with Gasteiger partial charge in [0.1, 0.15) is 12.1 Å². The molecule has 2 aromatic heterocycles. The van der Waals surface area contributed by atoms with E-state index in [-0.39, 0.29) is 5.82 Å². The van der Waals surface area contributed by atoms with Gasteiger partial charge < -0.3 is 5.32 Å². The van der Waals surface area contributed by atoms with Crippen LogP contribution in [0.4, 0.5) is 10.1 Å². The molecule has 0 bridgehead atoms. The van der Waals surface area contributed by atoms with Crippen molar-refractivity contribution in [2.45, 2.75) is 25.3 Å². The standard InChI is InChI=1S/C20H18FN5/c21-15-5-1-13(2-6-15)11-22-16-7-8-17-19(9-16)26(12-23-17)20-10-18(24-25-20)14-3-4-14/h1-2,5-10,12,14,22H,3-4,11H2,(H,24,25). The molecule has 26 heavy (non-hydrogen) atoms. The lowest BCUT2D eigenvalue weighted by molar-refractivity contribution is 0.627. The van der Waals surface area contributed by atoms with Crippen LogP contribution in [0.5, 0.6) is 0 Å². The van der Waals surface area contributed by atoms with Gasteiger partial charge in [0.05, 0.1) is 11.0 Å². The molecule has 2 aromatic carbocycles. The quantitative estimate of drug-likeness (QED) is 0.563. The van der Waals surface area contributed by atoms with E-state index >= 15 is 0 Å². The van der Waals surface area contributed by atoms with Crippen LogP contribution < -0.4 is 5.32 Å². The first-order chi connectivity index (χ1) is 12.8.